The normalized spacial score (nSPS) is 27.5. The summed E-state index contributed by atoms with van der Waals surface area (Å²) in [5.41, 5.74) is 7.55. The minimum absolute atomic E-state index is 0.00936. The second kappa shape index (κ2) is 15.7. The third-order valence-corrected chi connectivity index (χ3v) is 12.0. The van der Waals surface area contributed by atoms with E-state index >= 15 is 0 Å². The lowest BCUT2D eigenvalue weighted by atomic mass is 9.69. The van der Waals surface area contributed by atoms with Gasteiger partial charge in [0, 0.05) is 34.8 Å². The number of unbranched alkanes of at least 4 members (excludes halogenated alkanes) is 2. The molecule has 3 fully saturated rings. The molecule has 3 aliphatic carbocycles. The first-order valence-electron chi connectivity index (χ1n) is 18.8. The fourth-order valence-corrected chi connectivity index (χ4v) is 8.83. The van der Waals surface area contributed by atoms with Crippen LogP contribution in [0.15, 0.2) is 18.2 Å². The number of nitrogens with one attached hydrogen (secondary N) is 1. The van der Waals surface area contributed by atoms with Gasteiger partial charge in [0.25, 0.3) is 5.91 Å². The van der Waals surface area contributed by atoms with Crippen molar-refractivity contribution in [1.29, 1.82) is 0 Å². The topological polar surface area (TPSA) is 92.5 Å². The number of carbonyl (C=O) groups excluding carboxylic acids is 3. The molecule has 46 heavy (non-hydrogen) atoms. The average molecular weight is 636 g/mol. The van der Waals surface area contributed by atoms with Crippen molar-refractivity contribution in [2.45, 2.75) is 163 Å². The Hall–Kier alpha value is -2.37. The molecule has 0 bridgehead atoms. The van der Waals surface area contributed by atoms with Gasteiger partial charge in [0.2, 0.25) is 11.8 Å². The molecule has 0 atom stereocenters. The molecule has 0 aliphatic heterocycles. The predicted octanol–water partition coefficient (Wildman–Crippen LogP) is 9.76. The van der Waals surface area contributed by atoms with Crippen molar-refractivity contribution in [3.05, 3.63) is 29.3 Å². The van der Waals surface area contributed by atoms with Gasteiger partial charge in [-0.2, -0.15) is 0 Å². The largest absolute Gasteiger partial charge is 0.366 e. The molecule has 6 heteroatoms. The Labute approximate surface area is 280 Å². The fourth-order valence-electron chi connectivity index (χ4n) is 8.83. The zero-order chi connectivity index (χ0) is 33.6. The van der Waals surface area contributed by atoms with Gasteiger partial charge in [-0.05, 0) is 124 Å². The van der Waals surface area contributed by atoms with Crippen LogP contribution in [-0.4, -0.2) is 34.7 Å². The molecule has 3 N–H and O–H groups in total. The van der Waals surface area contributed by atoms with Crippen LogP contribution in [0.2, 0.25) is 0 Å². The second-order valence-electron chi connectivity index (χ2n) is 17.3. The van der Waals surface area contributed by atoms with Gasteiger partial charge in [0.15, 0.2) is 0 Å². The second-order valence-corrected chi connectivity index (χ2v) is 17.3. The third-order valence-electron chi connectivity index (χ3n) is 12.0. The molecule has 258 valence electrons. The number of nitrogens with two attached hydrogens (primary N) is 1. The lowest BCUT2D eigenvalue weighted by Crippen LogP contribution is -2.50. The predicted molar refractivity (Wildman–Crippen MR) is 190 cm³/mol. The van der Waals surface area contributed by atoms with E-state index in [1.165, 1.54) is 25.7 Å². The molecule has 6 nitrogen and oxygen atoms in total. The van der Waals surface area contributed by atoms with Crippen molar-refractivity contribution in [2.75, 3.05) is 5.32 Å². The van der Waals surface area contributed by atoms with Gasteiger partial charge in [0.05, 0.1) is 0 Å². The Morgan fingerprint density at radius 1 is 0.717 bits per heavy atom. The smallest absolute Gasteiger partial charge is 0.254 e. The van der Waals surface area contributed by atoms with Gasteiger partial charge in [-0.15, -0.1) is 0 Å². The summed E-state index contributed by atoms with van der Waals surface area (Å²) in [5, 5.41) is 3.09. The standard InChI is InChI=1S/C40H65N3O3/c1-8-9-10-11-27-12-14-28(15-13-27)37(45)42-33-25-29(36(41)44)24-30(26-33)38(46)43(34-20-16-31(17-21-34)39(2,3)4)35-22-18-32(19-23-35)40(5,6)7/h24-28,31-32,34-35H,8-23H2,1-7H3,(H2,41,44)(H,42,45)/t27?,28?,31-,32-,34+,35+. The van der Waals surface area contributed by atoms with Gasteiger partial charge in [0.1, 0.15) is 0 Å². The van der Waals surface area contributed by atoms with Crippen LogP contribution in [0.4, 0.5) is 5.69 Å². The first-order valence-corrected chi connectivity index (χ1v) is 18.8. The number of nitrogens with zero attached hydrogens (tertiary/aromatic N) is 1. The van der Waals surface area contributed by atoms with Gasteiger partial charge < -0.3 is 16.0 Å². The molecule has 4 rings (SSSR count). The first kappa shape index (κ1) is 36.5. The summed E-state index contributed by atoms with van der Waals surface area (Å²) in [4.78, 5) is 42.7. The molecule has 0 saturated heterocycles. The zero-order valence-electron chi connectivity index (χ0n) is 30.3. The summed E-state index contributed by atoms with van der Waals surface area (Å²) in [6, 6.07) is 5.45. The van der Waals surface area contributed by atoms with Crippen LogP contribution < -0.4 is 11.1 Å². The zero-order valence-corrected chi connectivity index (χ0v) is 30.3. The summed E-state index contributed by atoms with van der Waals surface area (Å²) in [6.07, 6.45) is 17.6. The number of anilines is 1. The molecular formula is C40H65N3O3. The molecule has 1 aromatic carbocycles. The highest BCUT2D eigenvalue weighted by atomic mass is 16.2. The average Bonchev–Trinajstić information content (AvgIpc) is 3.01. The van der Waals surface area contributed by atoms with E-state index in [9.17, 15) is 14.4 Å². The van der Waals surface area contributed by atoms with Gasteiger partial charge in [-0.1, -0.05) is 74.1 Å². The molecule has 0 unspecified atom stereocenters. The number of hydrogen-bond donors (Lipinski definition) is 2. The lowest BCUT2D eigenvalue weighted by Gasteiger charge is -2.47. The lowest BCUT2D eigenvalue weighted by molar-refractivity contribution is -0.121. The van der Waals surface area contributed by atoms with E-state index < -0.39 is 5.91 Å². The molecule has 0 spiro atoms. The summed E-state index contributed by atoms with van der Waals surface area (Å²) in [6.45, 7) is 16.2. The summed E-state index contributed by atoms with van der Waals surface area (Å²) >= 11 is 0. The minimum Gasteiger partial charge on any atom is -0.366 e. The maximum absolute atomic E-state index is 14.6. The van der Waals surface area contributed by atoms with Crippen molar-refractivity contribution in [3.63, 3.8) is 0 Å². The van der Waals surface area contributed by atoms with E-state index in [0.29, 0.717) is 23.1 Å². The molecule has 3 aliphatic rings. The molecule has 0 heterocycles. The van der Waals surface area contributed by atoms with Crippen LogP contribution in [0.1, 0.15) is 172 Å². The van der Waals surface area contributed by atoms with Crippen LogP contribution in [0.3, 0.4) is 0 Å². The number of primary amides is 1. The molecule has 1 aromatic rings. The maximum atomic E-state index is 14.6. The first-order chi connectivity index (χ1) is 21.7. The minimum atomic E-state index is -0.583. The Kier molecular flexibility index (Phi) is 12.4. The van der Waals surface area contributed by atoms with Crippen molar-refractivity contribution < 1.29 is 14.4 Å². The molecule has 0 radical (unpaired) electrons. The fraction of sp³-hybridized carbons (Fsp3) is 0.775. The van der Waals surface area contributed by atoms with E-state index in [1.807, 2.05) is 0 Å². The van der Waals surface area contributed by atoms with Gasteiger partial charge in [-0.3, -0.25) is 14.4 Å². The highest BCUT2D eigenvalue weighted by molar-refractivity contribution is 6.02. The van der Waals surface area contributed by atoms with E-state index in [2.05, 4.69) is 58.7 Å². The SMILES string of the molecule is CCCCCC1CCC(C(=O)Nc2cc(C(N)=O)cc(C(=O)N([C@H]3CC[C@@H](C(C)(C)C)CC3)[C@H]3CC[C@@H](C(C)(C)C)CC3)c2)CC1. The number of hydrogen-bond acceptors (Lipinski definition) is 3. The Balaban J connectivity index is 1.53. The van der Waals surface area contributed by atoms with Crippen molar-refractivity contribution in [3.8, 4) is 0 Å². The Morgan fingerprint density at radius 2 is 1.22 bits per heavy atom. The quantitative estimate of drug-likeness (QED) is 0.251. The van der Waals surface area contributed by atoms with Crippen LogP contribution in [-0.2, 0) is 4.79 Å². The summed E-state index contributed by atoms with van der Waals surface area (Å²) in [5.74, 6) is 1.38. The number of amides is 3. The Bertz CT molecular complexity index is 1140. The van der Waals surface area contributed by atoms with E-state index in [1.54, 1.807) is 18.2 Å². The van der Waals surface area contributed by atoms with Crippen molar-refractivity contribution in [1.82, 2.24) is 4.90 Å². The molecular weight excluding hydrogens is 570 g/mol. The van der Waals surface area contributed by atoms with Crippen LogP contribution in [0.5, 0.6) is 0 Å². The van der Waals surface area contributed by atoms with Gasteiger partial charge >= 0.3 is 0 Å². The van der Waals surface area contributed by atoms with E-state index in [4.69, 9.17) is 5.73 Å². The van der Waals surface area contributed by atoms with Crippen LogP contribution >= 0.6 is 0 Å². The van der Waals surface area contributed by atoms with Crippen molar-refractivity contribution >= 4 is 23.4 Å². The van der Waals surface area contributed by atoms with Crippen LogP contribution in [0, 0.1) is 34.5 Å². The monoisotopic (exact) mass is 636 g/mol. The number of carbonyl (C=O) groups is 3. The van der Waals surface area contributed by atoms with E-state index in [0.717, 1.165) is 83.0 Å². The third kappa shape index (κ3) is 9.60. The maximum Gasteiger partial charge on any atom is 0.254 e. The summed E-state index contributed by atoms with van der Waals surface area (Å²) < 4.78 is 0. The van der Waals surface area contributed by atoms with Crippen molar-refractivity contribution in [2.24, 2.45) is 40.2 Å². The van der Waals surface area contributed by atoms with Crippen LogP contribution in [0.25, 0.3) is 0 Å². The van der Waals surface area contributed by atoms with E-state index in [-0.39, 0.29) is 46.2 Å². The molecule has 3 saturated carbocycles. The summed E-state index contributed by atoms with van der Waals surface area (Å²) in [7, 11) is 0. The molecule has 3 amide bonds. The highest BCUT2D eigenvalue weighted by Crippen LogP contribution is 2.43. The highest BCUT2D eigenvalue weighted by Gasteiger charge is 2.40. The number of rotatable bonds is 10. The molecule has 0 aromatic heterocycles. The Morgan fingerprint density at radius 3 is 1.67 bits per heavy atom. The number of benzene rings is 1. The van der Waals surface area contributed by atoms with Gasteiger partial charge in [-0.25, -0.2) is 0 Å².